The summed E-state index contributed by atoms with van der Waals surface area (Å²) in [5.74, 6) is -0.175. The minimum absolute atomic E-state index is 0.113. The Kier molecular flexibility index (Phi) is 3.30. The number of hydrogen-bond donors (Lipinski definition) is 1. The number of halogens is 1. The van der Waals surface area contributed by atoms with E-state index in [0.29, 0.717) is 16.5 Å². The Morgan fingerprint density at radius 3 is 2.71 bits per heavy atom. The van der Waals surface area contributed by atoms with Gasteiger partial charge in [0.15, 0.2) is 11.5 Å². The second kappa shape index (κ2) is 4.88. The van der Waals surface area contributed by atoms with E-state index in [1.54, 1.807) is 24.3 Å². The first-order valence-electron chi connectivity index (χ1n) is 4.72. The zero-order chi connectivity index (χ0) is 12.3. The molecule has 0 spiro atoms. The Morgan fingerprint density at radius 2 is 2.12 bits per heavy atom. The maximum Gasteiger partial charge on any atom is 0.358 e. The van der Waals surface area contributed by atoms with Crippen molar-refractivity contribution in [1.82, 2.24) is 5.16 Å². The van der Waals surface area contributed by atoms with Crippen molar-refractivity contribution in [2.45, 2.75) is 6.61 Å². The van der Waals surface area contributed by atoms with Gasteiger partial charge >= 0.3 is 5.97 Å². The van der Waals surface area contributed by atoms with Gasteiger partial charge in [0.25, 0.3) is 0 Å². The predicted molar refractivity (Wildman–Crippen MR) is 59.2 cm³/mol. The highest BCUT2D eigenvalue weighted by molar-refractivity contribution is 6.30. The van der Waals surface area contributed by atoms with Crippen LogP contribution in [0.2, 0.25) is 5.02 Å². The fraction of sp³-hybridized carbons (Fsp3) is 0.0909. The van der Waals surface area contributed by atoms with Crippen LogP contribution in [0.15, 0.2) is 34.9 Å². The van der Waals surface area contributed by atoms with Crippen molar-refractivity contribution in [3.63, 3.8) is 0 Å². The smallest absolute Gasteiger partial charge is 0.358 e. The van der Waals surface area contributed by atoms with Crippen LogP contribution in [-0.4, -0.2) is 16.2 Å². The second-order valence-electron chi connectivity index (χ2n) is 3.23. The van der Waals surface area contributed by atoms with Crippen molar-refractivity contribution >= 4 is 17.6 Å². The standard InChI is InChI=1S/C11H8ClNO4/c12-7-1-3-8(4-2-7)16-6-9-5-10(11(14)15)13-17-9/h1-5H,6H2,(H,14,15). The highest BCUT2D eigenvalue weighted by Crippen LogP contribution is 2.17. The van der Waals surface area contributed by atoms with Crippen molar-refractivity contribution in [3.05, 3.63) is 46.8 Å². The first-order chi connectivity index (χ1) is 8.15. The number of benzene rings is 1. The van der Waals surface area contributed by atoms with Crippen molar-refractivity contribution in [2.75, 3.05) is 0 Å². The molecule has 88 valence electrons. The van der Waals surface area contributed by atoms with Gasteiger partial charge in [0.2, 0.25) is 0 Å². The SMILES string of the molecule is O=C(O)c1cc(COc2ccc(Cl)cc2)on1. The lowest BCUT2D eigenvalue weighted by Crippen LogP contribution is -1.95. The van der Waals surface area contributed by atoms with Crippen LogP contribution in [0.3, 0.4) is 0 Å². The van der Waals surface area contributed by atoms with E-state index in [9.17, 15) is 4.79 Å². The van der Waals surface area contributed by atoms with Crippen LogP contribution < -0.4 is 4.74 Å². The Morgan fingerprint density at radius 1 is 1.41 bits per heavy atom. The average molecular weight is 254 g/mol. The summed E-state index contributed by atoms with van der Waals surface area (Å²) in [6.45, 7) is 0.113. The Hall–Kier alpha value is -2.01. The molecule has 2 aromatic rings. The lowest BCUT2D eigenvalue weighted by Gasteiger charge is -2.02. The van der Waals surface area contributed by atoms with Crippen molar-refractivity contribution in [1.29, 1.82) is 0 Å². The zero-order valence-corrected chi connectivity index (χ0v) is 9.35. The van der Waals surface area contributed by atoms with Gasteiger partial charge in [-0.15, -0.1) is 0 Å². The van der Waals surface area contributed by atoms with E-state index in [2.05, 4.69) is 5.16 Å². The second-order valence-corrected chi connectivity index (χ2v) is 3.66. The molecule has 6 heteroatoms. The van der Waals surface area contributed by atoms with Crippen molar-refractivity contribution in [3.8, 4) is 5.75 Å². The molecule has 0 aliphatic carbocycles. The van der Waals surface area contributed by atoms with E-state index < -0.39 is 5.97 Å². The van der Waals surface area contributed by atoms with Gasteiger partial charge in [-0.3, -0.25) is 0 Å². The molecule has 0 aliphatic rings. The fourth-order valence-corrected chi connectivity index (χ4v) is 1.29. The molecule has 0 bridgehead atoms. The van der Waals surface area contributed by atoms with Gasteiger partial charge in [-0.2, -0.15) is 0 Å². The van der Waals surface area contributed by atoms with E-state index in [4.69, 9.17) is 26.0 Å². The largest absolute Gasteiger partial charge is 0.486 e. The summed E-state index contributed by atoms with van der Waals surface area (Å²) in [4.78, 5) is 10.5. The molecular formula is C11H8ClNO4. The number of carbonyl (C=O) groups is 1. The van der Waals surface area contributed by atoms with Crippen LogP contribution in [0.4, 0.5) is 0 Å². The van der Waals surface area contributed by atoms with E-state index in [1.807, 2.05) is 0 Å². The van der Waals surface area contributed by atoms with Gasteiger partial charge < -0.3 is 14.4 Å². The summed E-state index contributed by atoms with van der Waals surface area (Å²) in [6, 6.07) is 8.12. The van der Waals surface area contributed by atoms with E-state index in [0.717, 1.165) is 0 Å². The molecule has 0 atom stereocenters. The number of rotatable bonds is 4. The third kappa shape index (κ3) is 2.98. The first-order valence-corrected chi connectivity index (χ1v) is 5.10. The molecule has 1 heterocycles. The summed E-state index contributed by atoms with van der Waals surface area (Å²) < 4.78 is 10.1. The monoisotopic (exact) mass is 253 g/mol. The number of aromatic nitrogens is 1. The highest BCUT2D eigenvalue weighted by atomic mass is 35.5. The Balaban J connectivity index is 1.97. The first kappa shape index (κ1) is 11.5. The van der Waals surface area contributed by atoms with Gasteiger partial charge in [0.05, 0.1) is 0 Å². The molecule has 2 rings (SSSR count). The van der Waals surface area contributed by atoms with Crippen LogP contribution in [-0.2, 0) is 6.61 Å². The quantitative estimate of drug-likeness (QED) is 0.907. The third-order valence-corrected chi connectivity index (χ3v) is 2.22. The summed E-state index contributed by atoms with van der Waals surface area (Å²) in [5.41, 5.74) is -0.139. The molecule has 0 radical (unpaired) electrons. The minimum atomic E-state index is -1.13. The normalized spacial score (nSPS) is 10.2. The third-order valence-electron chi connectivity index (χ3n) is 1.97. The number of carboxylic acids is 1. The van der Waals surface area contributed by atoms with Crippen molar-refractivity contribution in [2.24, 2.45) is 0 Å². The zero-order valence-electron chi connectivity index (χ0n) is 8.59. The molecule has 17 heavy (non-hydrogen) atoms. The molecule has 1 N–H and O–H groups in total. The lowest BCUT2D eigenvalue weighted by molar-refractivity contribution is 0.0685. The van der Waals surface area contributed by atoms with Gasteiger partial charge in [0, 0.05) is 11.1 Å². The highest BCUT2D eigenvalue weighted by Gasteiger charge is 2.10. The van der Waals surface area contributed by atoms with E-state index >= 15 is 0 Å². The number of nitrogens with zero attached hydrogens (tertiary/aromatic N) is 1. The van der Waals surface area contributed by atoms with Crippen LogP contribution >= 0.6 is 11.6 Å². The van der Waals surface area contributed by atoms with Crippen LogP contribution in [0.25, 0.3) is 0 Å². The predicted octanol–water partition coefficient (Wildman–Crippen LogP) is 2.61. The lowest BCUT2D eigenvalue weighted by atomic mass is 10.3. The number of aromatic carboxylic acids is 1. The number of carboxylic acid groups (broad SMARTS) is 1. The summed E-state index contributed by atoms with van der Waals surface area (Å²) in [7, 11) is 0. The summed E-state index contributed by atoms with van der Waals surface area (Å²) >= 11 is 5.72. The fourth-order valence-electron chi connectivity index (χ4n) is 1.17. The number of ether oxygens (including phenoxy) is 1. The molecule has 0 fully saturated rings. The average Bonchev–Trinajstić information content (AvgIpc) is 2.77. The Bertz CT molecular complexity index is 521. The molecule has 1 aromatic heterocycles. The van der Waals surface area contributed by atoms with Crippen LogP contribution in [0.5, 0.6) is 5.75 Å². The van der Waals surface area contributed by atoms with Gasteiger partial charge in [-0.05, 0) is 24.3 Å². The van der Waals surface area contributed by atoms with E-state index in [1.165, 1.54) is 6.07 Å². The van der Waals surface area contributed by atoms with Crippen molar-refractivity contribution < 1.29 is 19.2 Å². The van der Waals surface area contributed by atoms with Crippen LogP contribution in [0.1, 0.15) is 16.2 Å². The maximum atomic E-state index is 10.5. The molecule has 5 nitrogen and oxygen atoms in total. The molecule has 0 amide bonds. The minimum Gasteiger partial charge on any atom is -0.486 e. The number of hydrogen-bond acceptors (Lipinski definition) is 4. The van der Waals surface area contributed by atoms with Crippen LogP contribution in [0, 0.1) is 0 Å². The molecule has 0 aliphatic heterocycles. The van der Waals surface area contributed by atoms with Gasteiger partial charge in [-0.25, -0.2) is 4.79 Å². The maximum absolute atomic E-state index is 10.5. The molecule has 0 saturated heterocycles. The van der Waals surface area contributed by atoms with E-state index in [-0.39, 0.29) is 12.3 Å². The molecule has 1 aromatic carbocycles. The van der Waals surface area contributed by atoms with Gasteiger partial charge in [0.1, 0.15) is 12.4 Å². The summed E-state index contributed by atoms with van der Waals surface area (Å²) in [6.07, 6.45) is 0. The Labute approximate surface area is 102 Å². The summed E-state index contributed by atoms with van der Waals surface area (Å²) in [5, 5.41) is 12.6. The molecule has 0 saturated carbocycles. The molecule has 0 unspecified atom stereocenters. The van der Waals surface area contributed by atoms with Gasteiger partial charge in [-0.1, -0.05) is 16.8 Å². The topological polar surface area (TPSA) is 72.6 Å². The molecular weight excluding hydrogens is 246 g/mol.